The summed E-state index contributed by atoms with van der Waals surface area (Å²) in [5, 5.41) is 14.6. The lowest BCUT2D eigenvalue weighted by atomic mass is 9.93. The van der Waals surface area contributed by atoms with Crippen LogP contribution in [0.4, 0.5) is 5.69 Å². The number of carboxylic acids is 1. The zero-order chi connectivity index (χ0) is 19.5. The van der Waals surface area contributed by atoms with Gasteiger partial charge in [-0.05, 0) is 31.9 Å². The van der Waals surface area contributed by atoms with E-state index >= 15 is 0 Å². The second-order valence-electron chi connectivity index (χ2n) is 5.67. The maximum absolute atomic E-state index is 12.3. The standard InChI is InChI=1S/C16H23N5O5/c1-10(15(23)18-9-4-2-3-8-13(22)19-17)14-11(16(24)25)6-5-7-12(14)20-21-26/h5-7,10H,2-4,8-9,17H2,1H3,(H,18,23)(H,19,22)(H,20,26)(H,24,25). The first kappa shape index (κ1) is 21.0. The van der Waals surface area contributed by atoms with E-state index in [0.717, 1.165) is 6.42 Å². The number of hydrogen-bond acceptors (Lipinski definition) is 6. The van der Waals surface area contributed by atoms with Gasteiger partial charge in [-0.1, -0.05) is 12.5 Å². The molecule has 1 aromatic rings. The van der Waals surface area contributed by atoms with Gasteiger partial charge < -0.3 is 10.4 Å². The zero-order valence-electron chi connectivity index (χ0n) is 14.4. The Morgan fingerprint density at radius 2 is 1.96 bits per heavy atom. The van der Waals surface area contributed by atoms with Gasteiger partial charge in [0, 0.05) is 18.5 Å². The SMILES string of the molecule is CC(C(=O)NCCCCCC(=O)NN)c1c(NN=O)cccc1C(=O)O. The van der Waals surface area contributed by atoms with Crippen molar-refractivity contribution in [3.8, 4) is 0 Å². The number of aromatic carboxylic acids is 1. The highest BCUT2D eigenvalue weighted by Gasteiger charge is 2.24. The van der Waals surface area contributed by atoms with Crippen LogP contribution >= 0.6 is 0 Å². The molecule has 142 valence electrons. The van der Waals surface area contributed by atoms with Crippen molar-refractivity contribution in [3.63, 3.8) is 0 Å². The van der Waals surface area contributed by atoms with Crippen LogP contribution in [0.2, 0.25) is 0 Å². The van der Waals surface area contributed by atoms with Crippen molar-refractivity contribution >= 4 is 23.5 Å². The highest BCUT2D eigenvalue weighted by Crippen LogP contribution is 2.29. The van der Waals surface area contributed by atoms with Crippen molar-refractivity contribution in [2.75, 3.05) is 12.0 Å². The van der Waals surface area contributed by atoms with E-state index in [1.54, 1.807) is 6.92 Å². The van der Waals surface area contributed by atoms with Crippen molar-refractivity contribution in [1.82, 2.24) is 10.7 Å². The maximum atomic E-state index is 12.3. The van der Waals surface area contributed by atoms with Gasteiger partial charge in [-0.3, -0.25) is 15.0 Å². The average molecular weight is 365 g/mol. The minimum Gasteiger partial charge on any atom is -0.478 e. The molecular weight excluding hydrogens is 342 g/mol. The maximum Gasteiger partial charge on any atom is 0.336 e. The zero-order valence-corrected chi connectivity index (χ0v) is 14.4. The third-order valence-corrected chi connectivity index (χ3v) is 3.87. The monoisotopic (exact) mass is 365 g/mol. The summed E-state index contributed by atoms with van der Waals surface area (Å²) in [6.45, 7) is 1.94. The molecule has 0 bridgehead atoms. The summed E-state index contributed by atoms with van der Waals surface area (Å²) in [5.74, 6) is 2.37. The van der Waals surface area contributed by atoms with E-state index in [0.29, 0.717) is 25.8 Å². The topological polar surface area (TPSA) is 163 Å². The first-order chi connectivity index (χ1) is 12.4. The van der Waals surface area contributed by atoms with Crippen LogP contribution in [0.1, 0.15) is 54.4 Å². The fourth-order valence-corrected chi connectivity index (χ4v) is 2.52. The molecule has 0 aliphatic rings. The third kappa shape index (κ3) is 6.13. The Labute approximate surface area is 150 Å². The number of anilines is 1. The van der Waals surface area contributed by atoms with E-state index in [1.807, 2.05) is 5.43 Å². The normalized spacial score (nSPS) is 11.3. The van der Waals surface area contributed by atoms with Gasteiger partial charge in [0.15, 0.2) is 0 Å². The number of carbonyl (C=O) groups excluding carboxylic acids is 2. The molecule has 0 saturated heterocycles. The molecule has 1 rings (SSSR count). The molecule has 26 heavy (non-hydrogen) atoms. The molecule has 0 aliphatic carbocycles. The lowest BCUT2D eigenvalue weighted by Crippen LogP contribution is -2.30. The lowest BCUT2D eigenvalue weighted by Gasteiger charge is -2.17. The second kappa shape index (κ2) is 10.8. The lowest BCUT2D eigenvalue weighted by molar-refractivity contribution is -0.122. The van der Waals surface area contributed by atoms with Gasteiger partial charge in [0.25, 0.3) is 0 Å². The fraction of sp³-hybridized carbons (Fsp3) is 0.438. The molecule has 0 aliphatic heterocycles. The molecule has 0 aromatic heterocycles. The van der Waals surface area contributed by atoms with Crippen LogP contribution < -0.4 is 22.0 Å². The molecule has 2 amide bonds. The van der Waals surface area contributed by atoms with Crippen molar-refractivity contribution in [2.24, 2.45) is 11.1 Å². The Balaban J connectivity index is 2.66. The Morgan fingerprint density at radius 3 is 2.58 bits per heavy atom. The highest BCUT2D eigenvalue weighted by atomic mass is 16.4. The largest absolute Gasteiger partial charge is 0.478 e. The molecule has 1 aromatic carbocycles. The highest BCUT2D eigenvalue weighted by molar-refractivity contribution is 5.95. The number of hydrogen-bond donors (Lipinski definition) is 5. The van der Waals surface area contributed by atoms with Gasteiger partial charge >= 0.3 is 5.97 Å². The molecule has 10 nitrogen and oxygen atoms in total. The van der Waals surface area contributed by atoms with E-state index in [9.17, 15) is 24.4 Å². The summed E-state index contributed by atoms with van der Waals surface area (Å²) in [7, 11) is 0. The van der Waals surface area contributed by atoms with Gasteiger partial charge in [-0.2, -0.15) is 0 Å². The molecule has 0 saturated carbocycles. The molecule has 0 radical (unpaired) electrons. The summed E-state index contributed by atoms with van der Waals surface area (Å²) in [6, 6.07) is 4.30. The number of unbranched alkanes of at least 4 members (excludes halogenated alkanes) is 2. The number of nitrogens with one attached hydrogen (secondary N) is 3. The first-order valence-corrected chi connectivity index (χ1v) is 8.14. The van der Waals surface area contributed by atoms with Gasteiger partial charge in [-0.15, -0.1) is 4.91 Å². The number of rotatable bonds is 11. The number of amides is 2. The van der Waals surface area contributed by atoms with Crippen LogP contribution in [0, 0.1) is 4.91 Å². The summed E-state index contributed by atoms with van der Waals surface area (Å²) < 4.78 is 0. The van der Waals surface area contributed by atoms with E-state index in [1.165, 1.54) is 18.2 Å². The molecule has 6 N–H and O–H groups in total. The van der Waals surface area contributed by atoms with Gasteiger partial charge in [0.1, 0.15) is 0 Å². The van der Waals surface area contributed by atoms with Gasteiger partial charge in [0.2, 0.25) is 11.8 Å². The van der Waals surface area contributed by atoms with Crippen molar-refractivity contribution < 1.29 is 19.5 Å². The second-order valence-corrected chi connectivity index (χ2v) is 5.67. The van der Waals surface area contributed by atoms with Crippen LogP contribution in [-0.4, -0.2) is 29.4 Å². The Hall–Kier alpha value is -3.01. The van der Waals surface area contributed by atoms with Crippen molar-refractivity contribution in [3.05, 3.63) is 34.2 Å². The van der Waals surface area contributed by atoms with E-state index in [-0.39, 0.29) is 28.6 Å². The van der Waals surface area contributed by atoms with Crippen LogP contribution in [0.25, 0.3) is 0 Å². The fourth-order valence-electron chi connectivity index (χ4n) is 2.52. The molecular formula is C16H23N5O5. The van der Waals surface area contributed by atoms with Gasteiger partial charge in [-0.25, -0.2) is 16.1 Å². The quantitative estimate of drug-likeness (QED) is 0.129. The number of nitrogens with two attached hydrogens (primary N) is 1. The molecule has 10 heteroatoms. The number of nitrogens with zero attached hydrogens (tertiary/aromatic N) is 1. The summed E-state index contributed by atoms with van der Waals surface area (Å²) in [5.41, 5.74) is 4.52. The predicted molar refractivity (Wildman–Crippen MR) is 95.0 cm³/mol. The summed E-state index contributed by atoms with van der Waals surface area (Å²) in [6.07, 6.45) is 2.36. The summed E-state index contributed by atoms with van der Waals surface area (Å²) >= 11 is 0. The molecule has 1 atom stereocenters. The minimum absolute atomic E-state index is 0.0749. The van der Waals surface area contributed by atoms with Crippen LogP contribution in [-0.2, 0) is 9.59 Å². The molecule has 0 spiro atoms. The van der Waals surface area contributed by atoms with Crippen LogP contribution in [0.15, 0.2) is 23.5 Å². The molecule has 1 unspecified atom stereocenters. The van der Waals surface area contributed by atoms with Crippen LogP contribution in [0.5, 0.6) is 0 Å². The number of hydrazine groups is 1. The Bertz CT molecular complexity index is 664. The van der Waals surface area contributed by atoms with Crippen molar-refractivity contribution in [1.29, 1.82) is 0 Å². The number of carbonyl (C=O) groups is 3. The van der Waals surface area contributed by atoms with E-state index in [2.05, 4.69) is 16.0 Å². The first-order valence-electron chi connectivity index (χ1n) is 8.14. The smallest absolute Gasteiger partial charge is 0.336 e. The molecule has 0 heterocycles. The Morgan fingerprint density at radius 1 is 1.23 bits per heavy atom. The van der Waals surface area contributed by atoms with E-state index in [4.69, 9.17) is 5.84 Å². The number of nitroso groups, excluding NO2 is 1. The number of carboxylic acid groups (broad SMARTS) is 1. The summed E-state index contributed by atoms with van der Waals surface area (Å²) in [4.78, 5) is 45.2. The predicted octanol–water partition coefficient (Wildman–Crippen LogP) is 1.25. The molecule has 0 fully saturated rings. The third-order valence-electron chi connectivity index (χ3n) is 3.87. The average Bonchev–Trinajstić information content (AvgIpc) is 2.63. The number of benzene rings is 1. The van der Waals surface area contributed by atoms with Crippen LogP contribution in [0.3, 0.4) is 0 Å². The van der Waals surface area contributed by atoms with E-state index < -0.39 is 11.9 Å². The minimum atomic E-state index is -1.20. The Kier molecular flexibility index (Phi) is 8.71. The van der Waals surface area contributed by atoms with Gasteiger partial charge in [0.05, 0.1) is 22.5 Å². The van der Waals surface area contributed by atoms with Crippen molar-refractivity contribution in [2.45, 2.75) is 38.5 Å².